The number of hydrogen-bond acceptors (Lipinski definition) is 6. The molecule has 0 bridgehead atoms. The Hall–Kier alpha value is -2.12. The second-order valence-corrected chi connectivity index (χ2v) is 13.4. The zero-order valence-corrected chi connectivity index (χ0v) is 20.3. The number of rotatable bonds is 12. The number of benzene rings is 1. The van der Waals surface area contributed by atoms with Gasteiger partial charge in [0.1, 0.15) is 24.4 Å². The fourth-order valence-electron chi connectivity index (χ4n) is 2.47. The third-order valence-corrected chi connectivity index (χ3v) is 9.74. The van der Waals surface area contributed by atoms with Crippen molar-refractivity contribution in [2.75, 3.05) is 13.7 Å². The summed E-state index contributed by atoms with van der Waals surface area (Å²) in [5, 5.41) is 0.00308. The molecule has 0 N–H and O–H groups in total. The van der Waals surface area contributed by atoms with Crippen LogP contribution in [0.15, 0.2) is 36.1 Å². The Morgan fingerprint density at radius 2 is 1.77 bits per heavy atom. The Bertz CT molecular complexity index is 703. The Morgan fingerprint density at radius 3 is 2.27 bits per heavy atom. The maximum atomic E-state index is 12.0. The lowest BCUT2D eigenvalue weighted by Crippen LogP contribution is -2.44. The van der Waals surface area contributed by atoms with Crippen LogP contribution in [0.25, 0.3) is 0 Å². The van der Waals surface area contributed by atoms with Crippen LogP contribution in [0, 0.1) is 0 Å². The lowest BCUT2D eigenvalue weighted by atomic mass is 10.1. The summed E-state index contributed by atoms with van der Waals surface area (Å²) in [6.45, 7) is 13.0. The van der Waals surface area contributed by atoms with Crippen LogP contribution in [-0.4, -0.2) is 40.4 Å². The summed E-state index contributed by atoms with van der Waals surface area (Å²) in [4.78, 5) is 23.3. The monoisotopic (exact) mass is 436 g/mol. The highest BCUT2D eigenvalue weighted by Crippen LogP contribution is 2.38. The Balaban J connectivity index is 2.98. The van der Waals surface area contributed by atoms with Gasteiger partial charge in [-0.1, -0.05) is 32.9 Å². The molecule has 7 heteroatoms. The summed E-state index contributed by atoms with van der Waals surface area (Å²) < 4.78 is 22.6. The number of hydrogen-bond donors (Lipinski definition) is 0. The summed E-state index contributed by atoms with van der Waals surface area (Å²) in [5.41, 5.74) is 0.933. The van der Waals surface area contributed by atoms with Gasteiger partial charge in [0.25, 0.3) is 0 Å². The van der Waals surface area contributed by atoms with Crippen LogP contribution < -0.4 is 4.74 Å². The first-order valence-electron chi connectivity index (χ1n) is 10.3. The molecule has 0 aliphatic heterocycles. The minimum Gasteiger partial charge on any atom is -0.497 e. The van der Waals surface area contributed by atoms with E-state index in [9.17, 15) is 9.59 Å². The zero-order valence-electron chi connectivity index (χ0n) is 19.3. The summed E-state index contributed by atoms with van der Waals surface area (Å²) >= 11 is 0. The predicted molar refractivity (Wildman–Crippen MR) is 120 cm³/mol. The number of methoxy groups -OCH3 is 1. The van der Waals surface area contributed by atoms with Gasteiger partial charge in [-0.15, -0.1) is 0 Å². The Labute approximate surface area is 181 Å². The molecule has 1 rings (SSSR count). The van der Waals surface area contributed by atoms with Crippen LogP contribution in [0.1, 0.15) is 46.1 Å². The first-order chi connectivity index (χ1) is 14.0. The molecule has 1 aromatic rings. The van der Waals surface area contributed by atoms with Crippen molar-refractivity contribution in [3.63, 3.8) is 0 Å². The molecular formula is C23H36O6Si. The van der Waals surface area contributed by atoms with Crippen LogP contribution in [0.2, 0.25) is 18.1 Å². The molecule has 0 amide bonds. The number of carbonyl (C=O) groups is 2. The van der Waals surface area contributed by atoms with E-state index < -0.39 is 14.3 Å². The largest absolute Gasteiger partial charge is 0.497 e. The van der Waals surface area contributed by atoms with Crippen molar-refractivity contribution >= 4 is 20.6 Å². The van der Waals surface area contributed by atoms with Crippen LogP contribution >= 0.6 is 0 Å². The van der Waals surface area contributed by atoms with Crippen molar-refractivity contribution in [1.82, 2.24) is 0 Å². The quantitative estimate of drug-likeness (QED) is 0.150. The first-order valence-corrected chi connectivity index (χ1v) is 13.2. The molecule has 0 aromatic heterocycles. The maximum absolute atomic E-state index is 12.0. The van der Waals surface area contributed by atoms with E-state index >= 15 is 0 Å². The molecule has 0 aliphatic rings. The van der Waals surface area contributed by atoms with Crippen molar-refractivity contribution in [2.24, 2.45) is 0 Å². The van der Waals surface area contributed by atoms with Crippen LogP contribution in [0.4, 0.5) is 0 Å². The van der Waals surface area contributed by atoms with E-state index in [-0.39, 0.29) is 30.8 Å². The molecule has 0 saturated carbocycles. The average Bonchev–Trinajstić information content (AvgIpc) is 2.65. The van der Waals surface area contributed by atoms with E-state index in [2.05, 4.69) is 33.9 Å². The molecular weight excluding hydrogens is 400 g/mol. The Kier molecular flexibility index (Phi) is 10.3. The standard InChI is InChI=1S/C23H36O6Si/c1-8-27-22(25)16-21(28-17-18-9-11-19(26-5)12-10-18)15-20(13-14-24)29-30(6,7)23(2,3)4/h9-12,14,16,20H,8,13,15,17H2,1-7H3/b21-16+/t20-/m1/s1. The molecule has 0 radical (unpaired) electrons. The third kappa shape index (κ3) is 8.71. The minimum atomic E-state index is -2.10. The highest BCUT2D eigenvalue weighted by molar-refractivity contribution is 6.74. The van der Waals surface area contributed by atoms with Crippen LogP contribution in [0.3, 0.4) is 0 Å². The summed E-state index contributed by atoms with van der Waals surface area (Å²) in [7, 11) is -0.484. The third-order valence-electron chi connectivity index (χ3n) is 5.20. The second-order valence-electron chi connectivity index (χ2n) is 8.61. The number of carbonyl (C=O) groups excluding carboxylic acids is 2. The number of aldehydes is 1. The van der Waals surface area contributed by atoms with E-state index in [1.807, 2.05) is 24.3 Å². The highest BCUT2D eigenvalue weighted by atomic mass is 28.4. The van der Waals surface area contributed by atoms with Crippen LogP contribution in [0.5, 0.6) is 5.75 Å². The Morgan fingerprint density at radius 1 is 1.13 bits per heavy atom. The van der Waals surface area contributed by atoms with E-state index in [0.717, 1.165) is 17.6 Å². The molecule has 168 valence electrons. The fraction of sp³-hybridized carbons (Fsp3) is 0.565. The second kappa shape index (κ2) is 11.9. The van der Waals surface area contributed by atoms with Crippen molar-refractivity contribution in [3.05, 3.63) is 41.7 Å². The smallest absolute Gasteiger partial charge is 0.334 e. The van der Waals surface area contributed by atoms with Crippen molar-refractivity contribution in [1.29, 1.82) is 0 Å². The summed E-state index contributed by atoms with van der Waals surface area (Å²) in [6.07, 6.45) is 2.39. The van der Waals surface area contributed by atoms with E-state index in [1.54, 1.807) is 14.0 Å². The molecule has 30 heavy (non-hydrogen) atoms. The van der Waals surface area contributed by atoms with Gasteiger partial charge < -0.3 is 23.4 Å². The number of esters is 1. The van der Waals surface area contributed by atoms with Crippen LogP contribution in [-0.2, 0) is 30.1 Å². The zero-order chi connectivity index (χ0) is 22.8. The molecule has 0 fully saturated rings. The molecule has 1 aromatic carbocycles. The van der Waals surface area contributed by atoms with Gasteiger partial charge in [-0.2, -0.15) is 0 Å². The normalized spacial score (nSPS) is 13.5. The lowest BCUT2D eigenvalue weighted by Gasteiger charge is -2.39. The SMILES string of the molecule is CCOC(=O)/C=C(\C[C@@H](CC=O)O[Si](C)(C)C(C)(C)C)OCc1ccc(OC)cc1. The highest BCUT2D eigenvalue weighted by Gasteiger charge is 2.39. The van der Waals surface area contributed by atoms with Crippen molar-refractivity contribution < 1.29 is 28.2 Å². The molecule has 1 atom stereocenters. The average molecular weight is 437 g/mol. The van der Waals surface area contributed by atoms with Gasteiger partial charge in [0.05, 0.1) is 25.9 Å². The van der Waals surface area contributed by atoms with Gasteiger partial charge in [0.2, 0.25) is 0 Å². The topological polar surface area (TPSA) is 71.1 Å². The molecule has 0 spiro atoms. The fourth-order valence-corrected chi connectivity index (χ4v) is 3.84. The number of ether oxygens (including phenoxy) is 3. The predicted octanol–water partition coefficient (Wildman–Crippen LogP) is 5.03. The maximum Gasteiger partial charge on any atom is 0.334 e. The van der Waals surface area contributed by atoms with E-state index in [0.29, 0.717) is 12.2 Å². The molecule has 6 nitrogen and oxygen atoms in total. The van der Waals surface area contributed by atoms with Crippen molar-refractivity contribution in [2.45, 2.75) is 71.4 Å². The van der Waals surface area contributed by atoms with Gasteiger partial charge in [-0.3, -0.25) is 0 Å². The van der Waals surface area contributed by atoms with Crippen molar-refractivity contribution in [3.8, 4) is 5.75 Å². The van der Waals surface area contributed by atoms with Gasteiger partial charge in [-0.25, -0.2) is 4.79 Å². The molecule has 0 aliphatic carbocycles. The molecule has 0 heterocycles. The van der Waals surface area contributed by atoms with Gasteiger partial charge in [0, 0.05) is 12.8 Å². The summed E-state index contributed by atoms with van der Waals surface area (Å²) in [6, 6.07) is 7.50. The molecule has 0 unspecified atom stereocenters. The lowest BCUT2D eigenvalue weighted by molar-refractivity contribution is -0.137. The first kappa shape index (κ1) is 25.9. The summed E-state index contributed by atoms with van der Waals surface area (Å²) in [5.74, 6) is 0.726. The van der Waals surface area contributed by atoms with Gasteiger partial charge >= 0.3 is 5.97 Å². The van der Waals surface area contributed by atoms with Gasteiger partial charge in [0.15, 0.2) is 8.32 Å². The van der Waals surface area contributed by atoms with Gasteiger partial charge in [-0.05, 0) is 42.8 Å². The molecule has 0 saturated heterocycles. The van der Waals surface area contributed by atoms with E-state index in [4.69, 9.17) is 18.6 Å². The minimum absolute atomic E-state index is 0.00308. The van der Waals surface area contributed by atoms with E-state index in [1.165, 1.54) is 6.08 Å².